The fourth-order valence-corrected chi connectivity index (χ4v) is 2.66. The molecule has 0 bridgehead atoms. The van der Waals surface area contributed by atoms with Crippen LogP contribution in [0.3, 0.4) is 0 Å². The molecule has 0 radical (unpaired) electrons. The third kappa shape index (κ3) is 3.44. The van der Waals surface area contributed by atoms with E-state index in [2.05, 4.69) is 13.8 Å². The van der Waals surface area contributed by atoms with Crippen LogP contribution >= 0.6 is 0 Å². The highest BCUT2D eigenvalue weighted by Gasteiger charge is 2.36. The minimum atomic E-state index is -1.56. The third-order valence-corrected chi connectivity index (χ3v) is 3.91. The molecule has 0 fully saturated rings. The largest absolute Gasteiger partial charge is 0.488 e. The second-order valence-electron chi connectivity index (χ2n) is 7.42. The van der Waals surface area contributed by atoms with Crippen molar-refractivity contribution in [3.05, 3.63) is 23.8 Å². The van der Waals surface area contributed by atoms with Crippen LogP contribution in [0.2, 0.25) is 0 Å². The van der Waals surface area contributed by atoms with Gasteiger partial charge in [-0.15, -0.1) is 0 Å². The van der Waals surface area contributed by atoms with E-state index >= 15 is 0 Å². The first-order valence-electron chi connectivity index (χ1n) is 7.52. The van der Waals surface area contributed by atoms with E-state index in [9.17, 15) is 14.8 Å². The van der Waals surface area contributed by atoms with Gasteiger partial charge in [0.05, 0.1) is 5.69 Å². The van der Waals surface area contributed by atoms with Crippen LogP contribution in [-0.4, -0.2) is 35.4 Å². The van der Waals surface area contributed by atoms with Gasteiger partial charge in [-0.05, 0) is 49.7 Å². The lowest BCUT2D eigenvalue weighted by atomic mass is 9.73. The van der Waals surface area contributed by atoms with E-state index in [0.717, 1.165) is 12.0 Å². The Morgan fingerprint density at radius 3 is 2.50 bits per heavy atom. The van der Waals surface area contributed by atoms with Gasteiger partial charge in [0.2, 0.25) is 0 Å². The van der Waals surface area contributed by atoms with Gasteiger partial charge < -0.3 is 14.8 Å². The molecule has 5 nitrogen and oxygen atoms in total. The summed E-state index contributed by atoms with van der Waals surface area (Å²) < 4.78 is 5.46. The molecule has 0 aliphatic carbocycles. The molecule has 1 aromatic rings. The van der Waals surface area contributed by atoms with Gasteiger partial charge in [-0.1, -0.05) is 26.0 Å². The van der Waals surface area contributed by atoms with Crippen molar-refractivity contribution in [3.8, 4) is 0 Å². The van der Waals surface area contributed by atoms with Gasteiger partial charge in [-0.2, -0.15) is 0 Å². The Bertz CT molecular complexity index is 578. The van der Waals surface area contributed by atoms with Crippen molar-refractivity contribution in [2.45, 2.75) is 52.1 Å². The third-order valence-electron chi connectivity index (χ3n) is 3.91. The molecule has 22 heavy (non-hydrogen) atoms. The van der Waals surface area contributed by atoms with Crippen molar-refractivity contribution in [3.63, 3.8) is 0 Å². The SMILES string of the molecule is CC(C)(C)OC(=O)N1CCC(C)(C)c2ccc(B(O)O)cc21. The van der Waals surface area contributed by atoms with Crippen LogP contribution in [0.25, 0.3) is 0 Å². The van der Waals surface area contributed by atoms with E-state index in [0.29, 0.717) is 17.7 Å². The summed E-state index contributed by atoms with van der Waals surface area (Å²) in [5, 5.41) is 18.8. The van der Waals surface area contributed by atoms with Gasteiger partial charge in [-0.3, -0.25) is 4.90 Å². The molecular weight excluding hydrogens is 281 g/mol. The monoisotopic (exact) mass is 305 g/mol. The normalized spacial score (nSPS) is 17.0. The van der Waals surface area contributed by atoms with Gasteiger partial charge in [-0.25, -0.2) is 4.79 Å². The van der Waals surface area contributed by atoms with Crippen molar-refractivity contribution in [1.29, 1.82) is 0 Å². The first kappa shape index (κ1) is 16.8. The molecule has 0 aromatic heterocycles. The second-order valence-corrected chi connectivity index (χ2v) is 7.42. The van der Waals surface area contributed by atoms with Crippen molar-refractivity contribution >= 4 is 24.4 Å². The summed E-state index contributed by atoms with van der Waals surface area (Å²) in [7, 11) is -1.56. The van der Waals surface area contributed by atoms with E-state index in [4.69, 9.17) is 4.74 Å². The fraction of sp³-hybridized carbons (Fsp3) is 0.562. The average Bonchev–Trinajstić information content (AvgIpc) is 2.35. The Morgan fingerprint density at radius 2 is 1.95 bits per heavy atom. The van der Waals surface area contributed by atoms with E-state index in [1.54, 1.807) is 17.0 Å². The van der Waals surface area contributed by atoms with Crippen LogP contribution in [-0.2, 0) is 10.2 Å². The highest BCUT2D eigenvalue weighted by atomic mass is 16.6. The number of carbonyl (C=O) groups excluding carboxylic acids is 1. The summed E-state index contributed by atoms with van der Waals surface area (Å²) in [5.74, 6) is 0. The highest BCUT2D eigenvalue weighted by Crippen LogP contribution is 2.39. The number of nitrogens with zero attached hydrogens (tertiary/aromatic N) is 1. The summed E-state index contributed by atoms with van der Waals surface area (Å²) in [6, 6.07) is 5.20. The number of hydrogen-bond donors (Lipinski definition) is 2. The van der Waals surface area contributed by atoms with Crippen LogP contribution in [0.1, 0.15) is 46.6 Å². The molecule has 0 atom stereocenters. The standard InChI is InChI=1S/C16H24BNO4/c1-15(2,3)22-14(19)18-9-8-16(4,5)12-7-6-11(17(20)21)10-13(12)18/h6-7,10,20-21H,8-9H2,1-5H3. The predicted octanol–water partition coefficient (Wildman–Crippen LogP) is 1.79. The zero-order valence-electron chi connectivity index (χ0n) is 13.9. The molecule has 1 aliphatic rings. The van der Waals surface area contributed by atoms with Crippen LogP contribution < -0.4 is 10.4 Å². The second kappa shape index (κ2) is 5.59. The summed E-state index contributed by atoms with van der Waals surface area (Å²) in [6.45, 7) is 10.3. The molecule has 1 heterocycles. The molecule has 0 saturated carbocycles. The smallest absolute Gasteiger partial charge is 0.443 e. The number of carbonyl (C=O) groups is 1. The quantitative estimate of drug-likeness (QED) is 0.776. The zero-order chi connectivity index (χ0) is 16.7. The van der Waals surface area contributed by atoms with Crippen LogP contribution in [0, 0.1) is 0 Å². The van der Waals surface area contributed by atoms with E-state index in [-0.39, 0.29) is 5.41 Å². The predicted molar refractivity (Wildman–Crippen MR) is 87.5 cm³/mol. The maximum absolute atomic E-state index is 12.4. The zero-order valence-corrected chi connectivity index (χ0v) is 13.9. The Hall–Kier alpha value is -1.53. The lowest BCUT2D eigenvalue weighted by Gasteiger charge is -2.39. The van der Waals surface area contributed by atoms with Crippen molar-refractivity contribution in [2.75, 3.05) is 11.4 Å². The number of amides is 1. The minimum absolute atomic E-state index is 0.0766. The van der Waals surface area contributed by atoms with Crippen LogP contribution in [0.5, 0.6) is 0 Å². The maximum atomic E-state index is 12.4. The molecule has 6 heteroatoms. The molecule has 1 amide bonds. The Morgan fingerprint density at radius 1 is 1.32 bits per heavy atom. The van der Waals surface area contributed by atoms with Crippen molar-refractivity contribution in [2.24, 2.45) is 0 Å². The minimum Gasteiger partial charge on any atom is -0.443 e. The number of fused-ring (bicyclic) bond motifs is 1. The fourth-order valence-electron chi connectivity index (χ4n) is 2.66. The number of anilines is 1. The molecule has 0 saturated heterocycles. The van der Waals surface area contributed by atoms with E-state index in [1.807, 2.05) is 26.8 Å². The van der Waals surface area contributed by atoms with Gasteiger partial charge in [0, 0.05) is 6.54 Å². The molecule has 2 N–H and O–H groups in total. The molecule has 0 unspecified atom stereocenters. The first-order valence-corrected chi connectivity index (χ1v) is 7.52. The Balaban J connectivity index is 2.44. The molecule has 0 spiro atoms. The molecule has 2 rings (SSSR count). The van der Waals surface area contributed by atoms with Gasteiger partial charge >= 0.3 is 13.2 Å². The lowest BCUT2D eigenvalue weighted by molar-refractivity contribution is 0.0574. The van der Waals surface area contributed by atoms with Gasteiger partial charge in [0.1, 0.15) is 5.60 Å². The molecule has 1 aromatic carbocycles. The maximum Gasteiger partial charge on any atom is 0.488 e. The van der Waals surface area contributed by atoms with E-state index in [1.165, 1.54) is 0 Å². The highest BCUT2D eigenvalue weighted by molar-refractivity contribution is 6.58. The molecule has 120 valence electrons. The lowest BCUT2D eigenvalue weighted by Crippen LogP contribution is -2.44. The van der Waals surface area contributed by atoms with Gasteiger partial charge in [0.15, 0.2) is 0 Å². The van der Waals surface area contributed by atoms with Crippen LogP contribution in [0.15, 0.2) is 18.2 Å². The topological polar surface area (TPSA) is 70.0 Å². The average molecular weight is 305 g/mol. The van der Waals surface area contributed by atoms with Crippen LogP contribution in [0.4, 0.5) is 10.5 Å². The van der Waals surface area contributed by atoms with Crippen molar-refractivity contribution < 1.29 is 19.6 Å². The number of hydrogen-bond acceptors (Lipinski definition) is 4. The summed E-state index contributed by atoms with van der Waals surface area (Å²) in [5.41, 5.74) is 1.42. The Kier molecular flexibility index (Phi) is 4.28. The summed E-state index contributed by atoms with van der Waals surface area (Å²) >= 11 is 0. The number of benzene rings is 1. The number of ether oxygens (including phenoxy) is 1. The summed E-state index contributed by atoms with van der Waals surface area (Å²) in [6.07, 6.45) is 0.411. The van der Waals surface area contributed by atoms with E-state index < -0.39 is 18.8 Å². The Labute approximate surface area is 132 Å². The first-order chi connectivity index (χ1) is 10.0. The van der Waals surface area contributed by atoms with Crippen molar-refractivity contribution in [1.82, 2.24) is 0 Å². The van der Waals surface area contributed by atoms with Gasteiger partial charge in [0.25, 0.3) is 0 Å². The molecule has 1 aliphatic heterocycles. The summed E-state index contributed by atoms with van der Waals surface area (Å²) in [4.78, 5) is 14.0. The molecular formula is C16H24BNO4. The number of rotatable bonds is 1.